The second-order valence-corrected chi connectivity index (χ2v) is 8.87. The lowest BCUT2D eigenvalue weighted by atomic mass is 10.2. The number of anilines is 1. The number of carbonyl (C=O) groups is 1. The van der Waals surface area contributed by atoms with Crippen LogP contribution in [0.2, 0.25) is 15.1 Å². The van der Waals surface area contributed by atoms with Gasteiger partial charge in [-0.2, -0.15) is 5.10 Å². The summed E-state index contributed by atoms with van der Waals surface area (Å²) in [4.78, 5) is 12.6. The fraction of sp³-hybridized carbons (Fsp3) is 0. The van der Waals surface area contributed by atoms with Gasteiger partial charge in [-0.25, -0.2) is 13.8 Å². The standard InChI is InChI=1S/C20H14Cl3N3O3S/c21-13-8-10-14(11-9-13)30(28,29)26-19-7-2-1-4-15(19)20(27)25-24-12-16-17(22)5-3-6-18(16)23/h1-12,26H,(H,25,27)/b24-12+. The van der Waals surface area contributed by atoms with Crippen LogP contribution in [0.5, 0.6) is 0 Å². The Morgan fingerprint density at radius 1 is 0.867 bits per heavy atom. The number of carbonyl (C=O) groups excluding carboxylic acids is 1. The number of nitrogens with one attached hydrogen (secondary N) is 2. The molecule has 0 saturated heterocycles. The fourth-order valence-electron chi connectivity index (χ4n) is 2.44. The molecule has 154 valence electrons. The molecule has 3 aromatic rings. The maximum absolute atomic E-state index is 12.6. The van der Waals surface area contributed by atoms with Crippen molar-refractivity contribution in [3.05, 3.63) is 92.9 Å². The van der Waals surface area contributed by atoms with E-state index in [-0.39, 0.29) is 16.1 Å². The van der Waals surface area contributed by atoms with E-state index in [9.17, 15) is 13.2 Å². The number of para-hydroxylation sites is 1. The first-order valence-corrected chi connectivity index (χ1v) is 11.0. The summed E-state index contributed by atoms with van der Waals surface area (Å²) in [7, 11) is -3.92. The lowest BCUT2D eigenvalue weighted by molar-refractivity contribution is 0.0956. The van der Waals surface area contributed by atoms with Gasteiger partial charge < -0.3 is 0 Å². The molecule has 0 unspecified atom stereocenters. The van der Waals surface area contributed by atoms with Crippen LogP contribution < -0.4 is 10.1 Å². The van der Waals surface area contributed by atoms with Gasteiger partial charge in [-0.15, -0.1) is 0 Å². The van der Waals surface area contributed by atoms with E-state index in [1.165, 1.54) is 42.6 Å². The normalized spacial score (nSPS) is 11.4. The molecule has 0 saturated carbocycles. The Kier molecular flexibility index (Phi) is 6.99. The van der Waals surface area contributed by atoms with Crippen LogP contribution in [0.4, 0.5) is 5.69 Å². The number of benzene rings is 3. The third-order valence-electron chi connectivity index (χ3n) is 3.90. The van der Waals surface area contributed by atoms with Crippen LogP contribution in [-0.2, 0) is 10.0 Å². The summed E-state index contributed by atoms with van der Waals surface area (Å²) in [6.45, 7) is 0. The molecule has 1 amide bonds. The van der Waals surface area contributed by atoms with E-state index < -0.39 is 15.9 Å². The number of nitrogens with zero attached hydrogens (tertiary/aromatic N) is 1. The molecule has 0 atom stereocenters. The summed E-state index contributed by atoms with van der Waals surface area (Å²) < 4.78 is 27.6. The molecule has 0 heterocycles. The predicted octanol–water partition coefficient (Wildman–Crippen LogP) is 5.21. The van der Waals surface area contributed by atoms with Crippen LogP contribution in [0.15, 0.2) is 76.7 Å². The molecule has 0 aliphatic rings. The largest absolute Gasteiger partial charge is 0.279 e. The van der Waals surface area contributed by atoms with Gasteiger partial charge in [-0.1, -0.05) is 53.0 Å². The lowest BCUT2D eigenvalue weighted by Crippen LogP contribution is -2.21. The minimum atomic E-state index is -3.92. The molecule has 0 aliphatic carbocycles. The SMILES string of the molecule is O=C(N/N=C/c1c(Cl)cccc1Cl)c1ccccc1NS(=O)(=O)c1ccc(Cl)cc1. The molecular formula is C20H14Cl3N3O3S. The lowest BCUT2D eigenvalue weighted by Gasteiger charge is -2.12. The summed E-state index contributed by atoms with van der Waals surface area (Å²) in [6, 6.07) is 16.7. The molecule has 0 fully saturated rings. The minimum absolute atomic E-state index is 0.00786. The number of rotatable bonds is 6. The average molecular weight is 483 g/mol. The Labute approximate surface area is 188 Å². The number of hydrogen-bond acceptors (Lipinski definition) is 4. The summed E-state index contributed by atoms with van der Waals surface area (Å²) in [5.74, 6) is -0.621. The molecule has 0 bridgehead atoms. The zero-order valence-electron chi connectivity index (χ0n) is 15.1. The van der Waals surface area contributed by atoms with Gasteiger partial charge in [-0.3, -0.25) is 9.52 Å². The Morgan fingerprint density at radius 2 is 1.50 bits per heavy atom. The molecule has 0 radical (unpaired) electrons. The first-order chi connectivity index (χ1) is 14.3. The van der Waals surface area contributed by atoms with Crippen molar-refractivity contribution >= 4 is 62.6 Å². The molecule has 6 nitrogen and oxygen atoms in total. The predicted molar refractivity (Wildman–Crippen MR) is 120 cm³/mol. The summed E-state index contributed by atoms with van der Waals surface area (Å²) >= 11 is 17.9. The van der Waals surface area contributed by atoms with E-state index in [4.69, 9.17) is 34.8 Å². The molecule has 0 aromatic heterocycles. The van der Waals surface area contributed by atoms with E-state index in [2.05, 4.69) is 15.2 Å². The van der Waals surface area contributed by atoms with E-state index in [0.29, 0.717) is 20.6 Å². The van der Waals surface area contributed by atoms with Gasteiger partial charge in [0.15, 0.2) is 0 Å². The van der Waals surface area contributed by atoms with E-state index in [1.54, 1.807) is 30.3 Å². The van der Waals surface area contributed by atoms with Gasteiger partial charge in [0.1, 0.15) is 0 Å². The van der Waals surface area contributed by atoms with Gasteiger partial charge in [0, 0.05) is 10.6 Å². The molecule has 30 heavy (non-hydrogen) atoms. The van der Waals surface area contributed by atoms with Crippen molar-refractivity contribution in [1.29, 1.82) is 0 Å². The van der Waals surface area contributed by atoms with Crippen molar-refractivity contribution in [2.45, 2.75) is 4.90 Å². The van der Waals surface area contributed by atoms with Gasteiger partial charge in [0.25, 0.3) is 15.9 Å². The maximum Gasteiger partial charge on any atom is 0.273 e. The van der Waals surface area contributed by atoms with Crippen molar-refractivity contribution in [3.8, 4) is 0 Å². The van der Waals surface area contributed by atoms with Crippen LogP contribution in [0.25, 0.3) is 0 Å². The molecule has 0 aliphatic heterocycles. The highest BCUT2D eigenvalue weighted by Gasteiger charge is 2.18. The Bertz CT molecular complexity index is 1190. The molecule has 2 N–H and O–H groups in total. The smallest absolute Gasteiger partial charge is 0.273 e. The summed E-state index contributed by atoms with van der Waals surface area (Å²) in [5, 5.41) is 5.01. The van der Waals surface area contributed by atoms with Crippen LogP contribution in [0, 0.1) is 0 Å². The van der Waals surface area contributed by atoms with Crippen LogP contribution in [0.3, 0.4) is 0 Å². The fourth-order valence-corrected chi connectivity index (χ4v) is 4.14. The highest BCUT2D eigenvalue weighted by Crippen LogP contribution is 2.23. The highest BCUT2D eigenvalue weighted by molar-refractivity contribution is 7.92. The third kappa shape index (κ3) is 5.31. The highest BCUT2D eigenvalue weighted by atomic mass is 35.5. The first-order valence-electron chi connectivity index (χ1n) is 8.43. The summed E-state index contributed by atoms with van der Waals surface area (Å²) in [5.41, 5.74) is 2.95. The minimum Gasteiger partial charge on any atom is -0.279 e. The van der Waals surface area contributed by atoms with E-state index in [0.717, 1.165) is 0 Å². The molecule has 3 rings (SSSR count). The van der Waals surface area contributed by atoms with Crippen molar-refractivity contribution in [1.82, 2.24) is 5.43 Å². The Hall–Kier alpha value is -2.58. The average Bonchev–Trinajstić information content (AvgIpc) is 2.70. The van der Waals surface area contributed by atoms with Gasteiger partial charge in [0.05, 0.1) is 32.4 Å². The Morgan fingerprint density at radius 3 is 2.17 bits per heavy atom. The number of halogens is 3. The Balaban J connectivity index is 1.80. The molecular weight excluding hydrogens is 469 g/mol. The molecule has 10 heteroatoms. The topological polar surface area (TPSA) is 87.6 Å². The zero-order valence-corrected chi connectivity index (χ0v) is 18.2. The van der Waals surface area contributed by atoms with Crippen LogP contribution in [0.1, 0.15) is 15.9 Å². The monoisotopic (exact) mass is 481 g/mol. The van der Waals surface area contributed by atoms with Gasteiger partial charge in [-0.05, 0) is 48.5 Å². The number of amides is 1. The number of hydrazone groups is 1. The number of hydrogen-bond donors (Lipinski definition) is 2. The second-order valence-electron chi connectivity index (χ2n) is 5.94. The van der Waals surface area contributed by atoms with Crippen LogP contribution in [-0.4, -0.2) is 20.5 Å². The number of sulfonamides is 1. The van der Waals surface area contributed by atoms with Crippen molar-refractivity contribution in [3.63, 3.8) is 0 Å². The van der Waals surface area contributed by atoms with Crippen molar-refractivity contribution < 1.29 is 13.2 Å². The van der Waals surface area contributed by atoms with Crippen LogP contribution >= 0.6 is 34.8 Å². The van der Waals surface area contributed by atoms with Crippen molar-refractivity contribution in [2.24, 2.45) is 5.10 Å². The molecule has 0 spiro atoms. The van der Waals surface area contributed by atoms with E-state index in [1.807, 2.05) is 0 Å². The first kappa shape index (κ1) is 22.1. The molecule has 3 aromatic carbocycles. The quantitative estimate of drug-likeness (QED) is 0.373. The summed E-state index contributed by atoms with van der Waals surface area (Å²) in [6.07, 6.45) is 1.31. The van der Waals surface area contributed by atoms with Crippen molar-refractivity contribution in [2.75, 3.05) is 4.72 Å². The maximum atomic E-state index is 12.6. The third-order valence-corrected chi connectivity index (χ3v) is 6.19. The van der Waals surface area contributed by atoms with Gasteiger partial charge >= 0.3 is 0 Å². The van der Waals surface area contributed by atoms with E-state index >= 15 is 0 Å². The zero-order chi connectivity index (χ0) is 21.7. The second kappa shape index (κ2) is 9.49. The van der Waals surface area contributed by atoms with Gasteiger partial charge in [0.2, 0.25) is 0 Å².